The fraction of sp³-hybridized carbons (Fsp3) is 0.529. The molecule has 1 amide bonds. The highest BCUT2D eigenvalue weighted by molar-refractivity contribution is 5.97. The van der Waals surface area contributed by atoms with Crippen molar-refractivity contribution in [2.45, 2.75) is 57.0 Å². The predicted octanol–water partition coefficient (Wildman–Crippen LogP) is 2.76. The largest absolute Gasteiger partial charge is 0.371 e. The second-order valence-electron chi connectivity index (χ2n) is 7.41. The standard InChI is InChI=1S/C17H21N7O3/c1-17(16-20-21-22-23(16)11-5-3-2-4-6-11)10-15(25)18-14-9-12(24(26)27)7-8-13(14)19-17/h7-9,11,19H,2-6,10H2,1H3,(H,18,25). The number of nitrogens with one attached hydrogen (secondary N) is 2. The van der Waals surface area contributed by atoms with E-state index in [2.05, 4.69) is 26.2 Å². The fourth-order valence-corrected chi connectivity index (χ4v) is 3.98. The number of nitro groups is 1. The fourth-order valence-electron chi connectivity index (χ4n) is 3.98. The Bertz CT molecular complexity index is 890. The number of carbonyl (C=O) groups is 1. The molecule has 1 aromatic heterocycles. The van der Waals surface area contributed by atoms with Crippen LogP contribution in [0.15, 0.2) is 18.2 Å². The molecule has 27 heavy (non-hydrogen) atoms. The first kappa shape index (κ1) is 17.4. The van der Waals surface area contributed by atoms with Crippen LogP contribution in [0.25, 0.3) is 0 Å². The van der Waals surface area contributed by atoms with Crippen molar-refractivity contribution >= 4 is 23.0 Å². The molecule has 1 fully saturated rings. The molecule has 142 valence electrons. The topological polar surface area (TPSA) is 128 Å². The number of amides is 1. The molecule has 1 saturated carbocycles. The summed E-state index contributed by atoms with van der Waals surface area (Å²) < 4.78 is 1.84. The molecule has 1 unspecified atom stereocenters. The van der Waals surface area contributed by atoms with Crippen LogP contribution in [-0.2, 0) is 10.3 Å². The minimum absolute atomic E-state index is 0.0773. The molecule has 2 heterocycles. The Morgan fingerprint density at radius 2 is 2.04 bits per heavy atom. The van der Waals surface area contributed by atoms with Gasteiger partial charge in [-0.1, -0.05) is 19.3 Å². The van der Waals surface area contributed by atoms with E-state index in [-0.39, 0.29) is 24.1 Å². The number of aromatic nitrogens is 4. The Hall–Kier alpha value is -3.04. The van der Waals surface area contributed by atoms with Crippen molar-refractivity contribution in [3.63, 3.8) is 0 Å². The first-order valence-corrected chi connectivity index (χ1v) is 9.11. The molecular weight excluding hydrogens is 350 g/mol. The summed E-state index contributed by atoms with van der Waals surface area (Å²) in [7, 11) is 0. The average Bonchev–Trinajstić information content (AvgIpc) is 3.09. The quantitative estimate of drug-likeness (QED) is 0.627. The van der Waals surface area contributed by atoms with Crippen LogP contribution in [0, 0.1) is 10.1 Å². The van der Waals surface area contributed by atoms with E-state index in [1.54, 1.807) is 6.07 Å². The van der Waals surface area contributed by atoms with E-state index in [4.69, 9.17) is 0 Å². The van der Waals surface area contributed by atoms with Gasteiger partial charge in [0.25, 0.3) is 5.69 Å². The normalized spacial score (nSPS) is 23.1. The van der Waals surface area contributed by atoms with E-state index in [0.717, 1.165) is 25.7 Å². The second kappa shape index (κ2) is 6.60. The minimum atomic E-state index is -0.827. The molecule has 2 N–H and O–H groups in total. The van der Waals surface area contributed by atoms with E-state index < -0.39 is 10.5 Å². The summed E-state index contributed by atoms with van der Waals surface area (Å²) in [4.78, 5) is 23.1. The summed E-state index contributed by atoms with van der Waals surface area (Å²) in [5.74, 6) is 0.359. The molecule has 0 saturated heterocycles. The van der Waals surface area contributed by atoms with Crippen molar-refractivity contribution in [2.75, 3.05) is 10.6 Å². The number of hydrogen-bond donors (Lipinski definition) is 2. The number of nitro benzene ring substituents is 1. The van der Waals surface area contributed by atoms with Gasteiger partial charge in [0.2, 0.25) is 5.91 Å². The molecule has 1 aliphatic carbocycles. The van der Waals surface area contributed by atoms with Gasteiger partial charge in [-0.2, -0.15) is 0 Å². The monoisotopic (exact) mass is 371 g/mol. The third-order valence-electron chi connectivity index (χ3n) is 5.32. The summed E-state index contributed by atoms with van der Waals surface area (Å²) in [6.07, 6.45) is 5.65. The summed E-state index contributed by atoms with van der Waals surface area (Å²) in [5.41, 5.74) is 0.0834. The van der Waals surface area contributed by atoms with Gasteiger partial charge in [0.1, 0.15) is 5.54 Å². The van der Waals surface area contributed by atoms with Crippen LogP contribution in [0.1, 0.15) is 57.3 Å². The lowest BCUT2D eigenvalue weighted by Gasteiger charge is -2.31. The summed E-state index contributed by atoms with van der Waals surface area (Å²) in [6.45, 7) is 1.88. The highest BCUT2D eigenvalue weighted by Crippen LogP contribution is 2.38. The zero-order valence-electron chi connectivity index (χ0n) is 15.0. The molecular formula is C17H21N7O3. The zero-order valence-corrected chi connectivity index (χ0v) is 15.0. The molecule has 0 bridgehead atoms. The Morgan fingerprint density at radius 1 is 1.26 bits per heavy atom. The van der Waals surface area contributed by atoms with Gasteiger partial charge in [0.15, 0.2) is 5.82 Å². The van der Waals surface area contributed by atoms with E-state index >= 15 is 0 Å². The summed E-state index contributed by atoms with van der Waals surface area (Å²) in [5, 5.41) is 29.4. The van der Waals surface area contributed by atoms with Gasteiger partial charge in [-0.25, -0.2) is 4.68 Å². The first-order chi connectivity index (χ1) is 13.0. The highest BCUT2D eigenvalue weighted by Gasteiger charge is 2.39. The van der Waals surface area contributed by atoms with Gasteiger partial charge in [-0.05, 0) is 36.3 Å². The van der Waals surface area contributed by atoms with Gasteiger partial charge in [0, 0.05) is 12.1 Å². The smallest absolute Gasteiger partial charge is 0.271 e. The van der Waals surface area contributed by atoms with Gasteiger partial charge in [-0.15, -0.1) is 5.10 Å². The SMILES string of the molecule is CC1(c2nnnn2C2CCCCC2)CC(=O)Nc2cc([N+](=O)[O-])ccc2N1. The van der Waals surface area contributed by atoms with Crippen LogP contribution in [0.4, 0.5) is 17.1 Å². The molecule has 1 aromatic carbocycles. The van der Waals surface area contributed by atoms with Crippen molar-refractivity contribution < 1.29 is 9.72 Å². The maximum Gasteiger partial charge on any atom is 0.271 e. The zero-order chi connectivity index (χ0) is 19.0. The molecule has 2 aliphatic rings. The number of non-ortho nitro benzene ring substituents is 1. The average molecular weight is 371 g/mol. The molecule has 10 nitrogen and oxygen atoms in total. The number of nitrogens with zero attached hydrogens (tertiary/aromatic N) is 5. The van der Waals surface area contributed by atoms with Crippen molar-refractivity contribution in [1.29, 1.82) is 0 Å². The second-order valence-corrected chi connectivity index (χ2v) is 7.41. The van der Waals surface area contributed by atoms with Gasteiger partial charge < -0.3 is 10.6 Å². The summed E-state index contributed by atoms with van der Waals surface area (Å²) in [6, 6.07) is 4.60. The predicted molar refractivity (Wildman–Crippen MR) is 97.3 cm³/mol. The van der Waals surface area contributed by atoms with Gasteiger partial charge >= 0.3 is 0 Å². The number of rotatable bonds is 3. The molecule has 0 radical (unpaired) electrons. The maximum atomic E-state index is 12.5. The van der Waals surface area contributed by atoms with E-state index in [1.165, 1.54) is 18.6 Å². The Morgan fingerprint density at radius 3 is 2.78 bits per heavy atom. The van der Waals surface area contributed by atoms with E-state index in [9.17, 15) is 14.9 Å². The maximum absolute atomic E-state index is 12.5. The Balaban J connectivity index is 1.72. The van der Waals surface area contributed by atoms with Crippen LogP contribution in [-0.4, -0.2) is 31.0 Å². The van der Waals surface area contributed by atoms with Crippen molar-refractivity contribution in [1.82, 2.24) is 20.2 Å². The lowest BCUT2D eigenvalue weighted by atomic mass is 9.92. The molecule has 4 rings (SSSR count). The minimum Gasteiger partial charge on any atom is -0.371 e. The highest BCUT2D eigenvalue weighted by atomic mass is 16.6. The number of hydrogen-bond acceptors (Lipinski definition) is 7. The first-order valence-electron chi connectivity index (χ1n) is 9.11. The van der Waals surface area contributed by atoms with Gasteiger partial charge in [0.05, 0.1) is 28.8 Å². The van der Waals surface area contributed by atoms with Crippen LogP contribution in [0.2, 0.25) is 0 Å². The van der Waals surface area contributed by atoms with E-state index in [1.807, 2.05) is 11.6 Å². The molecule has 2 aromatic rings. The third-order valence-corrected chi connectivity index (χ3v) is 5.32. The number of carbonyl (C=O) groups excluding carboxylic acids is 1. The van der Waals surface area contributed by atoms with E-state index in [0.29, 0.717) is 17.2 Å². The van der Waals surface area contributed by atoms with Crippen molar-refractivity contribution in [2.24, 2.45) is 0 Å². The lowest BCUT2D eigenvalue weighted by Crippen LogP contribution is -2.38. The molecule has 1 atom stereocenters. The van der Waals surface area contributed by atoms with Crippen LogP contribution in [0.5, 0.6) is 0 Å². The number of anilines is 2. The van der Waals surface area contributed by atoms with Crippen LogP contribution < -0.4 is 10.6 Å². The number of fused-ring (bicyclic) bond motifs is 1. The molecule has 0 spiro atoms. The third kappa shape index (κ3) is 3.22. The van der Waals surface area contributed by atoms with Crippen molar-refractivity contribution in [3.05, 3.63) is 34.1 Å². The van der Waals surface area contributed by atoms with Crippen LogP contribution in [0.3, 0.4) is 0 Å². The summed E-state index contributed by atoms with van der Waals surface area (Å²) >= 11 is 0. The lowest BCUT2D eigenvalue weighted by molar-refractivity contribution is -0.384. The molecule has 10 heteroatoms. The van der Waals surface area contributed by atoms with Gasteiger partial charge in [-0.3, -0.25) is 14.9 Å². The number of tetrazole rings is 1. The number of benzene rings is 1. The Labute approximate surface area is 155 Å². The van der Waals surface area contributed by atoms with Crippen LogP contribution >= 0.6 is 0 Å². The Kier molecular flexibility index (Phi) is 4.25. The molecule has 1 aliphatic heterocycles. The van der Waals surface area contributed by atoms with Crippen molar-refractivity contribution in [3.8, 4) is 0 Å².